The summed E-state index contributed by atoms with van der Waals surface area (Å²) in [6.07, 6.45) is -4.68. The van der Waals surface area contributed by atoms with Gasteiger partial charge in [0.1, 0.15) is 5.75 Å². The summed E-state index contributed by atoms with van der Waals surface area (Å²) in [6, 6.07) is 6.33. The minimum atomic E-state index is -4.68. The molecule has 1 atom stereocenters. The molecule has 0 unspecified atom stereocenters. The van der Waals surface area contributed by atoms with Gasteiger partial charge in [0.15, 0.2) is 0 Å². The molecule has 0 amide bonds. The molecular formula is C16H24ClF3N2O. The summed E-state index contributed by atoms with van der Waals surface area (Å²) in [5, 5.41) is 3.27. The zero-order valence-electron chi connectivity index (χ0n) is 13.6. The highest BCUT2D eigenvalue weighted by molar-refractivity contribution is 5.85. The van der Waals surface area contributed by atoms with Crippen LogP contribution in [0.2, 0.25) is 0 Å². The zero-order valence-corrected chi connectivity index (χ0v) is 14.4. The van der Waals surface area contributed by atoms with Crippen molar-refractivity contribution in [3.63, 3.8) is 0 Å². The SMILES string of the molecule is CC(C)(C)[C@H](c1ccccc1OC(F)(F)F)N1CCNCC1.Cl. The number of halogens is 4. The van der Waals surface area contributed by atoms with Crippen LogP contribution in [0.25, 0.3) is 0 Å². The number of rotatable bonds is 3. The van der Waals surface area contributed by atoms with E-state index in [1.807, 2.05) is 20.8 Å². The third kappa shape index (κ3) is 5.55. The van der Waals surface area contributed by atoms with Crippen molar-refractivity contribution in [2.24, 2.45) is 5.41 Å². The van der Waals surface area contributed by atoms with Crippen LogP contribution in [0.1, 0.15) is 32.4 Å². The second-order valence-electron chi connectivity index (χ2n) is 6.64. The van der Waals surface area contributed by atoms with E-state index in [0.717, 1.165) is 26.2 Å². The van der Waals surface area contributed by atoms with Gasteiger partial charge in [0, 0.05) is 37.8 Å². The summed E-state index contributed by atoms with van der Waals surface area (Å²) in [7, 11) is 0. The van der Waals surface area contributed by atoms with Crippen molar-refractivity contribution in [3.8, 4) is 5.75 Å². The van der Waals surface area contributed by atoms with E-state index in [4.69, 9.17) is 0 Å². The molecule has 1 aromatic carbocycles. The van der Waals surface area contributed by atoms with Crippen molar-refractivity contribution < 1.29 is 17.9 Å². The molecule has 1 aliphatic rings. The lowest BCUT2D eigenvalue weighted by atomic mass is 9.80. The van der Waals surface area contributed by atoms with Gasteiger partial charge in [-0.2, -0.15) is 0 Å². The van der Waals surface area contributed by atoms with Crippen LogP contribution in [0.15, 0.2) is 24.3 Å². The normalized spacial score (nSPS) is 18.2. The number of para-hydroxylation sites is 1. The van der Waals surface area contributed by atoms with Crippen LogP contribution in [0, 0.1) is 5.41 Å². The molecule has 0 aromatic heterocycles. The smallest absolute Gasteiger partial charge is 0.405 e. The molecule has 1 aliphatic heterocycles. The van der Waals surface area contributed by atoms with Gasteiger partial charge >= 0.3 is 6.36 Å². The van der Waals surface area contributed by atoms with Gasteiger partial charge < -0.3 is 10.1 Å². The Morgan fingerprint density at radius 2 is 1.65 bits per heavy atom. The molecule has 0 aliphatic carbocycles. The number of benzene rings is 1. The van der Waals surface area contributed by atoms with Crippen molar-refractivity contribution in [2.45, 2.75) is 33.2 Å². The molecule has 23 heavy (non-hydrogen) atoms. The second kappa shape index (κ2) is 7.73. The lowest BCUT2D eigenvalue weighted by Gasteiger charge is -2.43. The molecule has 7 heteroatoms. The van der Waals surface area contributed by atoms with Gasteiger partial charge in [-0.15, -0.1) is 25.6 Å². The number of alkyl halides is 3. The maximum Gasteiger partial charge on any atom is 0.573 e. The van der Waals surface area contributed by atoms with Gasteiger partial charge in [-0.1, -0.05) is 39.0 Å². The van der Waals surface area contributed by atoms with E-state index in [2.05, 4.69) is 15.0 Å². The summed E-state index contributed by atoms with van der Waals surface area (Å²) in [5.41, 5.74) is 0.386. The number of ether oxygens (including phenoxy) is 1. The molecule has 132 valence electrons. The predicted octanol–water partition coefficient (Wildman–Crippen LogP) is 4.00. The number of piperazine rings is 1. The predicted molar refractivity (Wildman–Crippen MR) is 87.0 cm³/mol. The first-order valence-electron chi connectivity index (χ1n) is 7.48. The average molecular weight is 353 g/mol. The summed E-state index contributed by atoms with van der Waals surface area (Å²) >= 11 is 0. The van der Waals surface area contributed by atoms with Crippen molar-refractivity contribution in [1.29, 1.82) is 0 Å². The first-order valence-corrected chi connectivity index (χ1v) is 7.48. The number of hydrogen-bond acceptors (Lipinski definition) is 3. The molecule has 1 fully saturated rings. The number of nitrogens with zero attached hydrogens (tertiary/aromatic N) is 1. The highest BCUT2D eigenvalue weighted by atomic mass is 35.5. The first kappa shape index (κ1) is 20.1. The fourth-order valence-corrected chi connectivity index (χ4v) is 3.08. The molecule has 0 saturated carbocycles. The molecule has 0 spiro atoms. The van der Waals surface area contributed by atoms with E-state index in [0.29, 0.717) is 5.56 Å². The van der Waals surface area contributed by atoms with Gasteiger partial charge in [-0.25, -0.2) is 0 Å². The van der Waals surface area contributed by atoms with Crippen LogP contribution in [0.5, 0.6) is 5.75 Å². The molecule has 0 bridgehead atoms. The molecular weight excluding hydrogens is 329 g/mol. The van der Waals surface area contributed by atoms with Gasteiger partial charge in [-0.05, 0) is 11.5 Å². The topological polar surface area (TPSA) is 24.5 Å². The fourth-order valence-electron chi connectivity index (χ4n) is 3.08. The maximum atomic E-state index is 12.7. The standard InChI is InChI=1S/C16H23F3N2O.ClH/c1-15(2,3)14(21-10-8-20-9-11-21)12-6-4-5-7-13(12)22-16(17,18)19;/h4-7,14,20H,8-11H2,1-3H3;1H/t14-;/m0./s1. The van der Waals surface area contributed by atoms with Crippen LogP contribution in [-0.2, 0) is 0 Å². The molecule has 3 nitrogen and oxygen atoms in total. The molecule has 1 N–H and O–H groups in total. The highest BCUT2D eigenvalue weighted by Crippen LogP contribution is 2.42. The van der Waals surface area contributed by atoms with Crippen LogP contribution >= 0.6 is 12.4 Å². The van der Waals surface area contributed by atoms with Crippen LogP contribution < -0.4 is 10.1 Å². The Morgan fingerprint density at radius 1 is 1.09 bits per heavy atom. The Kier molecular flexibility index (Phi) is 6.74. The van der Waals surface area contributed by atoms with E-state index >= 15 is 0 Å². The van der Waals surface area contributed by atoms with Crippen LogP contribution in [0.3, 0.4) is 0 Å². The quantitative estimate of drug-likeness (QED) is 0.890. The van der Waals surface area contributed by atoms with Crippen molar-refractivity contribution in [3.05, 3.63) is 29.8 Å². The monoisotopic (exact) mass is 352 g/mol. The Bertz CT molecular complexity index is 497. The van der Waals surface area contributed by atoms with Crippen molar-refractivity contribution >= 4 is 12.4 Å². The van der Waals surface area contributed by atoms with Crippen LogP contribution in [-0.4, -0.2) is 37.4 Å². The van der Waals surface area contributed by atoms with Gasteiger partial charge in [0.05, 0.1) is 0 Å². The Morgan fingerprint density at radius 3 is 2.17 bits per heavy atom. The van der Waals surface area contributed by atoms with Crippen molar-refractivity contribution in [1.82, 2.24) is 10.2 Å². The molecule has 0 radical (unpaired) electrons. The second-order valence-corrected chi connectivity index (χ2v) is 6.64. The Hall–Kier alpha value is -0.980. The summed E-state index contributed by atoms with van der Waals surface area (Å²) in [6.45, 7) is 9.44. The summed E-state index contributed by atoms with van der Waals surface area (Å²) in [5.74, 6) is -0.103. The van der Waals surface area contributed by atoms with Gasteiger partial charge in [0.25, 0.3) is 0 Å². The molecule has 2 rings (SSSR count). The molecule has 1 aromatic rings. The van der Waals surface area contributed by atoms with Crippen LogP contribution in [0.4, 0.5) is 13.2 Å². The third-order valence-corrected chi connectivity index (χ3v) is 3.78. The maximum absolute atomic E-state index is 12.7. The minimum absolute atomic E-state index is 0. The molecule has 1 heterocycles. The molecule has 1 saturated heterocycles. The fraction of sp³-hybridized carbons (Fsp3) is 0.625. The number of nitrogens with one attached hydrogen (secondary N) is 1. The number of hydrogen-bond donors (Lipinski definition) is 1. The lowest BCUT2D eigenvalue weighted by Crippen LogP contribution is -2.48. The third-order valence-electron chi connectivity index (χ3n) is 3.78. The van der Waals surface area contributed by atoms with E-state index in [1.54, 1.807) is 18.2 Å². The first-order chi connectivity index (χ1) is 10.2. The van der Waals surface area contributed by atoms with E-state index in [1.165, 1.54) is 6.07 Å². The largest absolute Gasteiger partial charge is 0.573 e. The highest BCUT2D eigenvalue weighted by Gasteiger charge is 2.37. The Balaban J connectivity index is 0.00000264. The van der Waals surface area contributed by atoms with Crippen molar-refractivity contribution in [2.75, 3.05) is 26.2 Å². The Labute approximate surface area is 141 Å². The average Bonchev–Trinajstić information content (AvgIpc) is 2.39. The lowest BCUT2D eigenvalue weighted by molar-refractivity contribution is -0.275. The van der Waals surface area contributed by atoms with Gasteiger partial charge in [0.2, 0.25) is 0 Å². The summed E-state index contributed by atoms with van der Waals surface area (Å²) in [4.78, 5) is 2.23. The zero-order chi connectivity index (χ0) is 16.4. The van der Waals surface area contributed by atoms with E-state index in [9.17, 15) is 13.2 Å². The van der Waals surface area contributed by atoms with E-state index in [-0.39, 0.29) is 29.6 Å². The van der Waals surface area contributed by atoms with Gasteiger partial charge in [-0.3, -0.25) is 4.90 Å². The minimum Gasteiger partial charge on any atom is -0.405 e. The van der Waals surface area contributed by atoms with E-state index < -0.39 is 6.36 Å². The summed E-state index contributed by atoms with van der Waals surface area (Å²) < 4.78 is 42.3.